The Morgan fingerprint density at radius 2 is 0.760 bits per heavy atom. The van der Waals surface area contributed by atoms with Crippen LogP contribution in [0.5, 0.6) is 0 Å². The van der Waals surface area contributed by atoms with E-state index in [0.717, 1.165) is 69.6 Å². The van der Waals surface area contributed by atoms with Gasteiger partial charge in [-0.05, 0) is 31.1 Å². The second-order valence-electron chi connectivity index (χ2n) is 15.7. The monoisotopic (exact) mass is 709 g/mol. The number of carbonyl (C=O) groups is 3. The van der Waals surface area contributed by atoms with Gasteiger partial charge in [0.15, 0.2) is 6.10 Å². The van der Waals surface area contributed by atoms with Gasteiger partial charge in [0.2, 0.25) is 0 Å². The first-order chi connectivity index (χ1) is 24.3. The van der Waals surface area contributed by atoms with Gasteiger partial charge in [0.05, 0.1) is 0 Å². The number of unbranched alkanes of at least 4 members (excludes halogenated alkanes) is 22. The van der Waals surface area contributed by atoms with Crippen molar-refractivity contribution in [2.75, 3.05) is 13.2 Å². The van der Waals surface area contributed by atoms with Gasteiger partial charge in [-0.3, -0.25) is 14.4 Å². The van der Waals surface area contributed by atoms with Gasteiger partial charge < -0.3 is 14.2 Å². The van der Waals surface area contributed by atoms with Crippen LogP contribution in [0.2, 0.25) is 0 Å². The number of carbonyl (C=O) groups excluding carboxylic acids is 3. The predicted molar refractivity (Wildman–Crippen MR) is 210 cm³/mol. The van der Waals surface area contributed by atoms with E-state index in [4.69, 9.17) is 14.2 Å². The zero-order valence-corrected chi connectivity index (χ0v) is 34.0. The molecule has 0 aliphatic rings. The van der Waals surface area contributed by atoms with E-state index >= 15 is 0 Å². The highest BCUT2D eigenvalue weighted by atomic mass is 16.6. The van der Waals surface area contributed by atoms with Crippen LogP contribution in [0.15, 0.2) is 0 Å². The number of hydrogen-bond donors (Lipinski definition) is 0. The molecular weight excluding hydrogens is 624 g/mol. The molecule has 0 radical (unpaired) electrons. The third-order valence-electron chi connectivity index (χ3n) is 10.1. The molecule has 0 fully saturated rings. The number of hydrogen-bond acceptors (Lipinski definition) is 6. The van der Waals surface area contributed by atoms with Crippen LogP contribution in [0.1, 0.15) is 234 Å². The zero-order chi connectivity index (χ0) is 36.9. The predicted octanol–water partition coefficient (Wildman–Crippen LogP) is 13.4. The van der Waals surface area contributed by atoms with Crippen molar-refractivity contribution >= 4 is 17.9 Å². The molecule has 0 aliphatic carbocycles. The summed E-state index contributed by atoms with van der Waals surface area (Å²) in [6.07, 6.45) is 33.8. The third kappa shape index (κ3) is 36.2. The summed E-state index contributed by atoms with van der Waals surface area (Å²) in [4.78, 5) is 37.5. The minimum Gasteiger partial charge on any atom is -0.462 e. The highest BCUT2D eigenvalue weighted by Gasteiger charge is 2.19. The highest BCUT2D eigenvalue weighted by molar-refractivity contribution is 5.71. The maximum absolute atomic E-state index is 12.6. The highest BCUT2D eigenvalue weighted by Crippen LogP contribution is 2.17. The lowest BCUT2D eigenvalue weighted by Gasteiger charge is -2.18. The molecule has 1 unspecified atom stereocenters. The first kappa shape index (κ1) is 48.4. The Bertz CT molecular complexity index is 766. The summed E-state index contributed by atoms with van der Waals surface area (Å²) in [6.45, 7) is 11.3. The molecule has 6 nitrogen and oxygen atoms in total. The summed E-state index contributed by atoms with van der Waals surface area (Å²) >= 11 is 0. The van der Waals surface area contributed by atoms with Gasteiger partial charge in [0.25, 0.3) is 0 Å². The van der Waals surface area contributed by atoms with Crippen molar-refractivity contribution in [3.8, 4) is 0 Å². The molecule has 0 heterocycles. The smallest absolute Gasteiger partial charge is 0.306 e. The molecule has 0 saturated carbocycles. The molecule has 6 heteroatoms. The Morgan fingerprint density at radius 1 is 0.420 bits per heavy atom. The second kappa shape index (κ2) is 37.2. The number of rotatable bonds is 38. The lowest BCUT2D eigenvalue weighted by molar-refractivity contribution is -0.167. The van der Waals surface area contributed by atoms with Crippen molar-refractivity contribution in [3.63, 3.8) is 0 Å². The van der Waals surface area contributed by atoms with E-state index in [1.807, 2.05) is 0 Å². The third-order valence-corrected chi connectivity index (χ3v) is 10.1. The Balaban J connectivity index is 4.27. The van der Waals surface area contributed by atoms with Crippen LogP contribution in [0.4, 0.5) is 0 Å². The van der Waals surface area contributed by atoms with E-state index in [-0.39, 0.29) is 31.1 Å². The maximum Gasteiger partial charge on any atom is 0.306 e. The molecule has 0 N–H and O–H groups in total. The van der Waals surface area contributed by atoms with Gasteiger partial charge in [0, 0.05) is 19.3 Å². The summed E-state index contributed by atoms with van der Waals surface area (Å²) in [5.74, 6) is 0.798. The molecule has 0 aromatic heterocycles. The largest absolute Gasteiger partial charge is 0.462 e. The fraction of sp³-hybridized carbons (Fsp3) is 0.932. The number of esters is 3. The summed E-state index contributed by atoms with van der Waals surface area (Å²) in [7, 11) is 0. The van der Waals surface area contributed by atoms with Crippen LogP contribution in [-0.2, 0) is 28.6 Å². The Labute approximate surface area is 310 Å². The van der Waals surface area contributed by atoms with Crippen LogP contribution in [0.3, 0.4) is 0 Å². The molecule has 50 heavy (non-hydrogen) atoms. The van der Waals surface area contributed by atoms with Crippen molar-refractivity contribution in [1.82, 2.24) is 0 Å². The zero-order valence-electron chi connectivity index (χ0n) is 34.0. The lowest BCUT2D eigenvalue weighted by atomic mass is 9.99. The summed E-state index contributed by atoms with van der Waals surface area (Å²) in [5.41, 5.74) is 0. The average Bonchev–Trinajstić information content (AvgIpc) is 3.09. The van der Waals surface area contributed by atoms with E-state index in [9.17, 15) is 14.4 Å². The van der Waals surface area contributed by atoms with Crippen LogP contribution < -0.4 is 0 Å². The van der Waals surface area contributed by atoms with Crippen molar-refractivity contribution in [1.29, 1.82) is 0 Å². The SMILES string of the molecule is CCCCCCCCCC(=O)O[C@@H](COC(=O)CCCCCCCCCCCCC(C)CC)COC(=O)CCCCCCCCCCC(C)C. The van der Waals surface area contributed by atoms with Crippen LogP contribution in [-0.4, -0.2) is 37.2 Å². The van der Waals surface area contributed by atoms with Crippen molar-refractivity contribution in [2.24, 2.45) is 11.8 Å². The van der Waals surface area contributed by atoms with Gasteiger partial charge in [-0.25, -0.2) is 0 Å². The molecule has 0 aromatic carbocycles. The van der Waals surface area contributed by atoms with Crippen molar-refractivity contribution in [3.05, 3.63) is 0 Å². The van der Waals surface area contributed by atoms with Crippen molar-refractivity contribution < 1.29 is 28.6 Å². The van der Waals surface area contributed by atoms with Gasteiger partial charge in [0.1, 0.15) is 13.2 Å². The van der Waals surface area contributed by atoms with Crippen LogP contribution in [0.25, 0.3) is 0 Å². The van der Waals surface area contributed by atoms with E-state index in [1.54, 1.807) is 0 Å². The van der Waals surface area contributed by atoms with E-state index < -0.39 is 6.10 Å². The van der Waals surface area contributed by atoms with E-state index in [1.165, 1.54) is 122 Å². The Morgan fingerprint density at radius 3 is 1.14 bits per heavy atom. The van der Waals surface area contributed by atoms with Crippen LogP contribution in [0, 0.1) is 11.8 Å². The minimum absolute atomic E-state index is 0.0661. The molecule has 0 aliphatic heterocycles. The quantitative estimate of drug-likeness (QED) is 0.0361. The first-order valence-corrected chi connectivity index (χ1v) is 21.8. The maximum atomic E-state index is 12.6. The Kier molecular flexibility index (Phi) is 36.0. The molecular formula is C44H84O6. The fourth-order valence-electron chi connectivity index (χ4n) is 6.37. The summed E-state index contributed by atoms with van der Waals surface area (Å²) in [6, 6.07) is 0. The molecule has 2 atom stereocenters. The molecule has 0 aromatic rings. The average molecular weight is 709 g/mol. The summed E-state index contributed by atoms with van der Waals surface area (Å²) in [5, 5.41) is 0. The summed E-state index contributed by atoms with van der Waals surface area (Å²) < 4.78 is 16.6. The van der Waals surface area contributed by atoms with E-state index in [0.29, 0.717) is 19.3 Å². The molecule has 0 rings (SSSR count). The minimum atomic E-state index is -0.759. The van der Waals surface area contributed by atoms with Gasteiger partial charge in [-0.1, -0.05) is 195 Å². The van der Waals surface area contributed by atoms with E-state index in [2.05, 4.69) is 34.6 Å². The molecule has 0 spiro atoms. The first-order valence-electron chi connectivity index (χ1n) is 21.8. The molecule has 0 bridgehead atoms. The van der Waals surface area contributed by atoms with Crippen LogP contribution >= 0.6 is 0 Å². The van der Waals surface area contributed by atoms with Gasteiger partial charge >= 0.3 is 17.9 Å². The normalized spacial score (nSPS) is 12.6. The standard InChI is InChI=1S/C44H84O6/c1-6-8-9-10-17-26-31-36-44(47)50-41(38-49-43(46)35-30-25-21-16-15-18-22-27-32-39(3)4)37-48-42(45)34-29-24-20-14-12-11-13-19-23-28-33-40(5)7-2/h39-41H,6-38H2,1-5H3/t40?,41-/m0/s1. The topological polar surface area (TPSA) is 78.9 Å². The number of ether oxygens (including phenoxy) is 3. The van der Waals surface area contributed by atoms with Gasteiger partial charge in [-0.15, -0.1) is 0 Å². The van der Waals surface area contributed by atoms with Crippen molar-refractivity contribution in [2.45, 2.75) is 240 Å². The molecule has 0 saturated heterocycles. The molecule has 296 valence electrons. The lowest BCUT2D eigenvalue weighted by Crippen LogP contribution is -2.30. The fourth-order valence-corrected chi connectivity index (χ4v) is 6.37. The second-order valence-corrected chi connectivity index (χ2v) is 15.7. The van der Waals surface area contributed by atoms with Gasteiger partial charge in [-0.2, -0.15) is 0 Å². The Hall–Kier alpha value is -1.59. The molecule has 0 amide bonds.